The number of fused-ring (bicyclic) bond motifs is 1. The van der Waals surface area contributed by atoms with Crippen molar-refractivity contribution in [2.75, 3.05) is 36.5 Å². The van der Waals surface area contributed by atoms with Gasteiger partial charge in [0.15, 0.2) is 0 Å². The summed E-state index contributed by atoms with van der Waals surface area (Å²) >= 11 is 1.50. The van der Waals surface area contributed by atoms with Crippen molar-refractivity contribution in [1.29, 1.82) is 0 Å². The summed E-state index contributed by atoms with van der Waals surface area (Å²) in [6.45, 7) is 1.98. The number of alkyl halides is 3. The maximum Gasteiger partial charge on any atom is 0.416 e. The fourth-order valence-corrected chi connectivity index (χ4v) is 4.68. The summed E-state index contributed by atoms with van der Waals surface area (Å²) in [7, 11) is 0. The molecule has 3 heterocycles. The van der Waals surface area contributed by atoms with E-state index in [4.69, 9.17) is 4.74 Å². The zero-order chi connectivity index (χ0) is 23.7. The number of carbonyl (C=O) groups is 1. The van der Waals surface area contributed by atoms with Gasteiger partial charge >= 0.3 is 6.18 Å². The first kappa shape index (κ1) is 22.4. The van der Waals surface area contributed by atoms with Crippen molar-refractivity contribution in [3.05, 3.63) is 77.2 Å². The van der Waals surface area contributed by atoms with Crippen molar-refractivity contribution in [3.8, 4) is 10.6 Å². The van der Waals surface area contributed by atoms with Crippen LogP contribution < -0.4 is 10.2 Å². The van der Waals surface area contributed by atoms with Gasteiger partial charge in [-0.05, 0) is 41.8 Å². The molecule has 0 radical (unpaired) electrons. The van der Waals surface area contributed by atoms with Crippen LogP contribution in [0, 0.1) is 0 Å². The highest BCUT2D eigenvalue weighted by Gasteiger charge is 2.32. The van der Waals surface area contributed by atoms with Crippen molar-refractivity contribution in [3.63, 3.8) is 0 Å². The maximum absolute atomic E-state index is 13.5. The van der Waals surface area contributed by atoms with Gasteiger partial charge in [-0.2, -0.15) is 13.2 Å². The number of hydrogen-bond donors (Lipinski definition) is 1. The minimum Gasteiger partial charge on any atom is -0.378 e. The highest BCUT2D eigenvalue weighted by atomic mass is 32.1. The Balaban J connectivity index is 1.57. The summed E-state index contributed by atoms with van der Waals surface area (Å²) in [6.07, 6.45) is -4.53. The van der Waals surface area contributed by atoms with Gasteiger partial charge in [0.25, 0.3) is 5.91 Å². The van der Waals surface area contributed by atoms with Gasteiger partial charge in [0.1, 0.15) is 0 Å². The van der Waals surface area contributed by atoms with E-state index in [0.717, 1.165) is 17.0 Å². The van der Waals surface area contributed by atoms with Gasteiger partial charge in [-0.1, -0.05) is 24.3 Å². The SMILES string of the molecule is O=C(Nc1cc(C(F)(F)F)ccc1N1CCOCC1)c1cc(-c2cccs2)nc2ccccc12. The third-order valence-electron chi connectivity index (χ3n) is 5.66. The van der Waals surface area contributed by atoms with E-state index >= 15 is 0 Å². The van der Waals surface area contributed by atoms with Crippen LogP contribution >= 0.6 is 11.3 Å². The third-order valence-corrected chi connectivity index (χ3v) is 6.55. The molecular formula is C25H20F3N3O2S. The summed E-state index contributed by atoms with van der Waals surface area (Å²) in [5, 5.41) is 5.30. The van der Waals surface area contributed by atoms with E-state index in [2.05, 4.69) is 10.3 Å². The molecule has 1 N–H and O–H groups in total. The first-order chi connectivity index (χ1) is 16.4. The van der Waals surface area contributed by atoms with E-state index in [1.165, 1.54) is 17.4 Å². The molecule has 4 aromatic rings. The quantitative estimate of drug-likeness (QED) is 0.383. The number of aromatic nitrogens is 1. The molecule has 5 rings (SSSR count). The number of amides is 1. The van der Waals surface area contributed by atoms with E-state index in [9.17, 15) is 18.0 Å². The Bertz CT molecular complexity index is 1330. The van der Waals surface area contributed by atoms with Crippen molar-refractivity contribution in [1.82, 2.24) is 4.98 Å². The highest BCUT2D eigenvalue weighted by Crippen LogP contribution is 2.36. The first-order valence-electron chi connectivity index (χ1n) is 10.7. The van der Waals surface area contributed by atoms with Crippen molar-refractivity contribution in [2.45, 2.75) is 6.18 Å². The molecule has 0 saturated carbocycles. The molecular weight excluding hydrogens is 463 g/mol. The van der Waals surface area contributed by atoms with E-state index in [0.29, 0.717) is 54.2 Å². The Kier molecular flexibility index (Phi) is 5.97. The second-order valence-corrected chi connectivity index (χ2v) is 8.78. The molecule has 2 aromatic heterocycles. The molecule has 174 valence electrons. The van der Waals surface area contributed by atoms with E-state index < -0.39 is 17.6 Å². The predicted octanol–water partition coefficient (Wildman–Crippen LogP) is 6.07. The van der Waals surface area contributed by atoms with Gasteiger partial charge in [-0.3, -0.25) is 4.79 Å². The fraction of sp³-hybridized carbons (Fsp3) is 0.200. The molecule has 1 saturated heterocycles. The molecule has 9 heteroatoms. The average molecular weight is 484 g/mol. The van der Waals surface area contributed by atoms with Crippen LogP contribution in [0.1, 0.15) is 15.9 Å². The second-order valence-electron chi connectivity index (χ2n) is 7.83. The molecule has 1 aliphatic heterocycles. The van der Waals surface area contributed by atoms with E-state index in [-0.39, 0.29) is 5.69 Å². The summed E-state index contributed by atoms with van der Waals surface area (Å²) < 4.78 is 45.8. The lowest BCUT2D eigenvalue weighted by Gasteiger charge is -2.31. The lowest BCUT2D eigenvalue weighted by Crippen LogP contribution is -2.36. The van der Waals surface area contributed by atoms with E-state index in [1.54, 1.807) is 18.2 Å². The van der Waals surface area contributed by atoms with Crippen LogP contribution in [0.15, 0.2) is 66.0 Å². The number of morpholine rings is 1. The van der Waals surface area contributed by atoms with Crippen LogP contribution in [0.25, 0.3) is 21.5 Å². The standard InChI is InChI=1S/C25H20F3N3O2S/c26-25(27,28)16-7-8-22(31-9-11-33-12-10-31)20(14-16)30-24(32)18-15-21(23-6-3-13-34-23)29-19-5-2-1-4-17(18)19/h1-8,13-15H,9-12H2,(H,30,32). The number of benzene rings is 2. The van der Waals surface area contributed by atoms with Gasteiger partial charge in [-0.15, -0.1) is 11.3 Å². The monoisotopic (exact) mass is 483 g/mol. The fourth-order valence-electron chi connectivity index (χ4n) is 4.00. The molecule has 0 bridgehead atoms. The molecule has 0 atom stereocenters. The summed E-state index contributed by atoms with van der Waals surface area (Å²) in [4.78, 5) is 21.0. The predicted molar refractivity (Wildman–Crippen MR) is 127 cm³/mol. The molecule has 2 aromatic carbocycles. The zero-order valence-electron chi connectivity index (χ0n) is 17.9. The second kappa shape index (κ2) is 9.08. The van der Waals surface area contributed by atoms with Gasteiger partial charge in [0, 0.05) is 18.5 Å². The number of nitrogens with one attached hydrogen (secondary N) is 1. The Morgan fingerprint density at radius 3 is 2.56 bits per heavy atom. The van der Waals surface area contributed by atoms with Crippen LogP contribution in [0.5, 0.6) is 0 Å². The van der Waals surface area contributed by atoms with Gasteiger partial charge in [-0.25, -0.2) is 4.98 Å². The van der Waals surface area contributed by atoms with Gasteiger partial charge in [0.05, 0.1) is 51.8 Å². The largest absolute Gasteiger partial charge is 0.416 e. The van der Waals surface area contributed by atoms with Crippen LogP contribution in [0.2, 0.25) is 0 Å². The molecule has 0 spiro atoms. The zero-order valence-corrected chi connectivity index (χ0v) is 18.7. The Hall–Kier alpha value is -3.43. The molecule has 5 nitrogen and oxygen atoms in total. The van der Waals surface area contributed by atoms with Gasteiger partial charge < -0.3 is 15.0 Å². The van der Waals surface area contributed by atoms with Crippen molar-refractivity contribution >= 4 is 39.5 Å². The van der Waals surface area contributed by atoms with Crippen LogP contribution in [-0.2, 0) is 10.9 Å². The summed E-state index contributed by atoms with van der Waals surface area (Å²) in [5.41, 5.74) is 1.44. The molecule has 34 heavy (non-hydrogen) atoms. The molecule has 0 aliphatic carbocycles. The number of para-hydroxylation sites is 1. The highest BCUT2D eigenvalue weighted by molar-refractivity contribution is 7.13. The molecule has 1 amide bonds. The van der Waals surface area contributed by atoms with Crippen LogP contribution in [-0.4, -0.2) is 37.2 Å². The number of nitrogens with zero attached hydrogens (tertiary/aromatic N) is 2. The molecule has 1 aliphatic rings. The first-order valence-corrected chi connectivity index (χ1v) is 11.6. The number of thiophene rings is 1. The minimum atomic E-state index is -4.53. The maximum atomic E-state index is 13.5. The lowest BCUT2D eigenvalue weighted by molar-refractivity contribution is -0.137. The normalized spacial score (nSPS) is 14.4. The minimum absolute atomic E-state index is 0.111. The number of ether oxygens (including phenoxy) is 1. The van der Waals surface area contributed by atoms with Crippen LogP contribution in [0.3, 0.4) is 0 Å². The third kappa shape index (κ3) is 4.49. The summed E-state index contributed by atoms with van der Waals surface area (Å²) in [6, 6.07) is 16.2. The number of halogens is 3. The lowest BCUT2D eigenvalue weighted by atomic mass is 10.1. The number of rotatable bonds is 4. The number of carbonyl (C=O) groups excluding carboxylic acids is 1. The van der Waals surface area contributed by atoms with E-state index in [1.807, 2.05) is 34.5 Å². The Morgan fingerprint density at radius 2 is 1.82 bits per heavy atom. The van der Waals surface area contributed by atoms with Crippen LogP contribution in [0.4, 0.5) is 24.5 Å². The topological polar surface area (TPSA) is 54.5 Å². The molecule has 1 fully saturated rings. The smallest absolute Gasteiger partial charge is 0.378 e. The van der Waals surface area contributed by atoms with Crippen molar-refractivity contribution < 1.29 is 22.7 Å². The average Bonchev–Trinajstić information content (AvgIpc) is 3.38. The number of hydrogen-bond acceptors (Lipinski definition) is 5. The van der Waals surface area contributed by atoms with Gasteiger partial charge in [0.2, 0.25) is 0 Å². The Labute approximate surface area is 197 Å². The number of pyridine rings is 1. The summed E-state index contributed by atoms with van der Waals surface area (Å²) in [5.74, 6) is -0.495. The molecule has 0 unspecified atom stereocenters. The number of anilines is 2. The Morgan fingerprint density at radius 1 is 1.03 bits per heavy atom. The van der Waals surface area contributed by atoms with Crippen molar-refractivity contribution in [2.24, 2.45) is 0 Å².